The van der Waals surface area contributed by atoms with Gasteiger partial charge in [0.25, 0.3) is 11.1 Å². The molecule has 2 rings (SSSR count). The molecule has 0 bridgehead atoms. The minimum atomic E-state index is -0.289. The molecule has 0 aromatic heterocycles. The number of aromatic hydroxyl groups is 1. The Kier molecular flexibility index (Phi) is 6.57. The molecule has 1 aliphatic heterocycles. The molecule has 0 unspecified atom stereocenters. The zero-order valence-electron chi connectivity index (χ0n) is 13.7. The van der Waals surface area contributed by atoms with E-state index in [2.05, 4.69) is 6.92 Å². The molecule has 1 aromatic carbocycles. The number of thioether (sulfide) groups is 1. The monoisotopic (exact) mass is 369 g/mol. The van der Waals surface area contributed by atoms with Gasteiger partial charge < -0.3 is 9.84 Å². The van der Waals surface area contributed by atoms with E-state index in [4.69, 9.17) is 16.3 Å². The number of phenols is 1. The van der Waals surface area contributed by atoms with Crippen LogP contribution in [0.3, 0.4) is 0 Å². The number of halogens is 1. The van der Waals surface area contributed by atoms with Gasteiger partial charge >= 0.3 is 0 Å². The van der Waals surface area contributed by atoms with Crippen LogP contribution in [0.4, 0.5) is 4.79 Å². The van der Waals surface area contributed by atoms with Gasteiger partial charge in [0, 0.05) is 6.54 Å². The number of rotatable bonds is 7. The van der Waals surface area contributed by atoms with E-state index in [1.807, 2.05) is 0 Å². The molecular formula is C17H20ClNO4S. The Morgan fingerprint density at radius 3 is 2.71 bits per heavy atom. The van der Waals surface area contributed by atoms with Crippen LogP contribution in [0.1, 0.15) is 38.7 Å². The average Bonchev–Trinajstić information content (AvgIpc) is 2.80. The molecule has 0 aliphatic carbocycles. The number of benzene rings is 1. The molecule has 1 N–H and O–H groups in total. The number of imide groups is 1. The molecular weight excluding hydrogens is 350 g/mol. The van der Waals surface area contributed by atoms with Crippen molar-refractivity contribution in [1.29, 1.82) is 0 Å². The van der Waals surface area contributed by atoms with Gasteiger partial charge in [-0.25, -0.2) is 0 Å². The fraction of sp³-hybridized carbons (Fsp3) is 0.412. The Morgan fingerprint density at radius 2 is 2.04 bits per heavy atom. The van der Waals surface area contributed by atoms with E-state index < -0.39 is 0 Å². The van der Waals surface area contributed by atoms with Crippen molar-refractivity contribution in [2.24, 2.45) is 0 Å². The third-order valence-corrected chi connectivity index (χ3v) is 4.70. The Morgan fingerprint density at radius 1 is 1.29 bits per heavy atom. The fourth-order valence-electron chi connectivity index (χ4n) is 2.31. The van der Waals surface area contributed by atoms with Crippen LogP contribution in [0.2, 0.25) is 5.02 Å². The number of phenolic OH excluding ortho intramolecular Hbond substituents is 1. The predicted molar refractivity (Wildman–Crippen MR) is 96.5 cm³/mol. The van der Waals surface area contributed by atoms with Crippen LogP contribution < -0.4 is 4.74 Å². The van der Waals surface area contributed by atoms with Crippen LogP contribution in [0.5, 0.6) is 11.5 Å². The van der Waals surface area contributed by atoms with Crippen LogP contribution in [-0.4, -0.2) is 34.3 Å². The average molecular weight is 370 g/mol. The van der Waals surface area contributed by atoms with E-state index in [0.29, 0.717) is 23.6 Å². The maximum atomic E-state index is 12.4. The summed E-state index contributed by atoms with van der Waals surface area (Å²) in [4.78, 5) is 26.0. The lowest BCUT2D eigenvalue weighted by Crippen LogP contribution is -2.29. The van der Waals surface area contributed by atoms with Gasteiger partial charge in [-0.3, -0.25) is 14.5 Å². The largest absolute Gasteiger partial charge is 0.503 e. The molecule has 130 valence electrons. The van der Waals surface area contributed by atoms with E-state index in [-0.39, 0.29) is 27.7 Å². The predicted octanol–water partition coefficient (Wildman–Crippen LogP) is 4.67. The first-order valence-electron chi connectivity index (χ1n) is 7.88. The summed E-state index contributed by atoms with van der Waals surface area (Å²) >= 11 is 6.91. The highest BCUT2D eigenvalue weighted by molar-refractivity contribution is 8.18. The van der Waals surface area contributed by atoms with Gasteiger partial charge in [-0.1, -0.05) is 31.4 Å². The van der Waals surface area contributed by atoms with Crippen LogP contribution in [-0.2, 0) is 4.79 Å². The minimum Gasteiger partial charge on any atom is -0.503 e. The lowest BCUT2D eigenvalue weighted by Gasteiger charge is -2.11. The van der Waals surface area contributed by atoms with Crippen LogP contribution >= 0.6 is 23.4 Å². The third-order valence-electron chi connectivity index (χ3n) is 3.51. The van der Waals surface area contributed by atoms with Gasteiger partial charge in [0.1, 0.15) is 0 Å². The summed E-state index contributed by atoms with van der Waals surface area (Å²) < 4.78 is 5.32. The number of ether oxygens (including phenoxy) is 1. The highest BCUT2D eigenvalue weighted by atomic mass is 35.5. The van der Waals surface area contributed by atoms with Gasteiger partial charge in [0.2, 0.25) is 0 Å². The molecule has 5 nitrogen and oxygen atoms in total. The first kappa shape index (κ1) is 18.7. The number of carbonyl (C=O) groups excluding carboxylic acids is 2. The molecule has 0 saturated carbocycles. The number of amides is 2. The summed E-state index contributed by atoms with van der Waals surface area (Å²) in [5.41, 5.74) is 0.598. The molecule has 24 heavy (non-hydrogen) atoms. The number of unbranched alkanes of at least 4 members (excludes halogenated alkanes) is 2. The van der Waals surface area contributed by atoms with Crippen molar-refractivity contribution in [3.8, 4) is 11.5 Å². The molecule has 1 aliphatic rings. The molecule has 1 aromatic rings. The minimum absolute atomic E-state index is 0.134. The molecule has 0 radical (unpaired) electrons. The van der Waals surface area contributed by atoms with Gasteiger partial charge in [-0.05, 0) is 48.9 Å². The van der Waals surface area contributed by atoms with Gasteiger partial charge in [-0.15, -0.1) is 0 Å². The Bertz CT molecular complexity index is 675. The zero-order chi connectivity index (χ0) is 17.7. The van der Waals surface area contributed by atoms with Crippen molar-refractivity contribution in [2.45, 2.75) is 33.1 Å². The smallest absolute Gasteiger partial charge is 0.293 e. The second-order valence-corrected chi connectivity index (χ2v) is 6.72. The van der Waals surface area contributed by atoms with Gasteiger partial charge in [0.15, 0.2) is 11.5 Å². The van der Waals surface area contributed by atoms with Crippen molar-refractivity contribution < 1.29 is 19.4 Å². The zero-order valence-corrected chi connectivity index (χ0v) is 15.2. The SMILES string of the molecule is CCCCCN1C(=O)S/C(=C\c2cc(Cl)c(O)c(OCC)c2)C1=O. The lowest BCUT2D eigenvalue weighted by atomic mass is 10.1. The Balaban J connectivity index is 2.22. The fourth-order valence-corrected chi connectivity index (χ4v) is 3.39. The quantitative estimate of drug-likeness (QED) is 0.558. The molecule has 0 atom stereocenters. The second-order valence-electron chi connectivity index (χ2n) is 5.32. The topological polar surface area (TPSA) is 66.8 Å². The number of nitrogens with zero attached hydrogens (tertiary/aromatic N) is 1. The summed E-state index contributed by atoms with van der Waals surface area (Å²) in [6.07, 6.45) is 4.41. The first-order chi connectivity index (χ1) is 11.5. The van der Waals surface area contributed by atoms with E-state index in [0.717, 1.165) is 31.0 Å². The molecule has 2 amide bonds. The summed E-state index contributed by atoms with van der Waals surface area (Å²) in [5.74, 6) is -0.176. The van der Waals surface area contributed by atoms with Gasteiger partial charge in [-0.2, -0.15) is 0 Å². The summed E-state index contributed by atoms with van der Waals surface area (Å²) in [6.45, 7) is 4.68. The molecule has 1 heterocycles. The molecule has 1 fully saturated rings. The first-order valence-corrected chi connectivity index (χ1v) is 9.08. The molecule has 7 heteroatoms. The van der Waals surface area contributed by atoms with Crippen molar-refractivity contribution in [1.82, 2.24) is 4.90 Å². The summed E-state index contributed by atoms with van der Waals surface area (Å²) in [5, 5.41) is 9.74. The van der Waals surface area contributed by atoms with Crippen molar-refractivity contribution in [3.05, 3.63) is 27.6 Å². The Hall–Kier alpha value is -1.66. The second kappa shape index (κ2) is 8.44. The van der Waals surface area contributed by atoms with E-state index >= 15 is 0 Å². The lowest BCUT2D eigenvalue weighted by molar-refractivity contribution is -0.122. The number of carbonyl (C=O) groups is 2. The Labute approximate surface area is 150 Å². The van der Waals surface area contributed by atoms with Crippen LogP contribution in [0, 0.1) is 0 Å². The van der Waals surface area contributed by atoms with Crippen LogP contribution in [0.15, 0.2) is 17.0 Å². The van der Waals surface area contributed by atoms with E-state index in [1.54, 1.807) is 19.1 Å². The summed E-state index contributed by atoms with van der Waals surface area (Å²) in [7, 11) is 0. The summed E-state index contributed by atoms with van der Waals surface area (Å²) in [6, 6.07) is 3.13. The number of hydrogen-bond acceptors (Lipinski definition) is 5. The maximum absolute atomic E-state index is 12.4. The highest BCUT2D eigenvalue weighted by Gasteiger charge is 2.34. The van der Waals surface area contributed by atoms with Crippen molar-refractivity contribution >= 4 is 40.6 Å². The number of hydrogen-bond donors (Lipinski definition) is 1. The highest BCUT2D eigenvalue weighted by Crippen LogP contribution is 2.38. The maximum Gasteiger partial charge on any atom is 0.293 e. The third kappa shape index (κ3) is 4.24. The molecule has 0 spiro atoms. The van der Waals surface area contributed by atoms with Crippen LogP contribution in [0.25, 0.3) is 6.08 Å². The molecule has 1 saturated heterocycles. The van der Waals surface area contributed by atoms with E-state index in [9.17, 15) is 14.7 Å². The normalized spacial score (nSPS) is 16.3. The van der Waals surface area contributed by atoms with Gasteiger partial charge in [0.05, 0.1) is 16.5 Å². The van der Waals surface area contributed by atoms with Crippen molar-refractivity contribution in [2.75, 3.05) is 13.2 Å². The standard InChI is InChI=1S/C17H20ClNO4S/c1-3-5-6-7-19-16(21)14(24-17(19)22)10-11-8-12(18)15(20)13(9-11)23-4-2/h8-10,20H,3-7H2,1-2H3/b14-10-. The van der Waals surface area contributed by atoms with Crippen molar-refractivity contribution in [3.63, 3.8) is 0 Å². The van der Waals surface area contributed by atoms with E-state index in [1.165, 1.54) is 11.0 Å².